The predicted octanol–water partition coefficient (Wildman–Crippen LogP) is 3.29. The SMILES string of the molecule is O=C1C[C@H]2CCCCCC(=O)[C@]23CCCC[C@H]13. The molecule has 0 amide bonds. The van der Waals surface area contributed by atoms with Crippen molar-refractivity contribution in [3.63, 3.8) is 0 Å². The maximum atomic E-state index is 12.6. The van der Waals surface area contributed by atoms with Gasteiger partial charge in [0.25, 0.3) is 0 Å². The molecule has 0 N–H and O–H groups in total. The third-order valence-electron chi connectivity index (χ3n) is 5.50. The van der Waals surface area contributed by atoms with Gasteiger partial charge in [-0.2, -0.15) is 0 Å². The van der Waals surface area contributed by atoms with Gasteiger partial charge in [0.15, 0.2) is 0 Å². The number of hydrogen-bond donors (Lipinski definition) is 0. The quantitative estimate of drug-likeness (QED) is 0.644. The summed E-state index contributed by atoms with van der Waals surface area (Å²) >= 11 is 0. The zero-order valence-corrected chi connectivity index (χ0v) is 10.5. The molecular weight excluding hydrogens is 212 g/mol. The van der Waals surface area contributed by atoms with Crippen LogP contribution >= 0.6 is 0 Å². The van der Waals surface area contributed by atoms with Crippen molar-refractivity contribution in [1.29, 1.82) is 0 Å². The Balaban J connectivity index is 1.99. The van der Waals surface area contributed by atoms with Gasteiger partial charge < -0.3 is 0 Å². The van der Waals surface area contributed by atoms with Crippen molar-refractivity contribution in [2.24, 2.45) is 17.3 Å². The van der Waals surface area contributed by atoms with E-state index in [-0.39, 0.29) is 11.3 Å². The first-order valence-electron chi connectivity index (χ1n) is 7.31. The van der Waals surface area contributed by atoms with E-state index in [1.165, 1.54) is 12.8 Å². The predicted molar refractivity (Wildman–Crippen MR) is 65.6 cm³/mol. The van der Waals surface area contributed by atoms with Gasteiger partial charge >= 0.3 is 0 Å². The largest absolute Gasteiger partial charge is 0.299 e. The average molecular weight is 234 g/mol. The number of rotatable bonds is 0. The van der Waals surface area contributed by atoms with E-state index in [0.717, 1.165) is 44.9 Å². The Kier molecular flexibility index (Phi) is 2.84. The second-order valence-electron chi connectivity index (χ2n) is 6.23. The molecule has 0 saturated heterocycles. The van der Waals surface area contributed by atoms with Crippen molar-refractivity contribution < 1.29 is 9.59 Å². The summed E-state index contributed by atoms with van der Waals surface area (Å²) in [4.78, 5) is 24.8. The van der Waals surface area contributed by atoms with Crippen molar-refractivity contribution in [3.05, 3.63) is 0 Å². The van der Waals surface area contributed by atoms with E-state index in [1.54, 1.807) is 0 Å². The van der Waals surface area contributed by atoms with Crippen LogP contribution < -0.4 is 0 Å². The maximum Gasteiger partial charge on any atom is 0.140 e. The summed E-state index contributed by atoms with van der Waals surface area (Å²) < 4.78 is 0. The summed E-state index contributed by atoms with van der Waals surface area (Å²) in [6.07, 6.45) is 10.3. The van der Waals surface area contributed by atoms with Gasteiger partial charge in [-0.05, 0) is 31.6 Å². The van der Waals surface area contributed by atoms with Gasteiger partial charge in [0, 0.05) is 24.2 Å². The molecule has 2 heteroatoms. The van der Waals surface area contributed by atoms with Crippen LogP contribution in [0.2, 0.25) is 0 Å². The van der Waals surface area contributed by atoms with Crippen molar-refractivity contribution in [2.45, 2.75) is 64.2 Å². The molecule has 3 fully saturated rings. The Bertz CT molecular complexity index is 347. The fourth-order valence-corrected chi connectivity index (χ4v) is 4.71. The molecule has 3 atom stereocenters. The van der Waals surface area contributed by atoms with Crippen molar-refractivity contribution in [3.8, 4) is 0 Å². The van der Waals surface area contributed by atoms with Crippen molar-refractivity contribution in [2.75, 3.05) is 0 Å². The van der Waals surface area contributed by atoms with Crippen LogP contribution in [-0.4, -0.2) is 11.6 Å². The Morgan fingerprint density at radius 1 is 0.941 bits per heavy atom. The van der Waals surface area contributed by atoms with Gasteiger partial charge in [-0.3, -0.25) is 9.59 Å². The zero-order chi connectivity index (χ0) is 11.9. The maximum absolute atomic E-state index is 12.6. The highest BCUT2D eigenvalue weighted by Gasteiger charge is 2.58. The molecule has 0 heterocycles. The molecule has 0 aromatic heterocycles. The summed E-state index contributed by atoms with van der Waals surface area (Å²) in [6, 6.07) is 0. The molecule has 0 aromatic rings. The summed E-state index contributed by atoms with van der Waals surface area (Å²) in [5.41, 5.74) is -0.199. The van der Waals surface area contributed by atoms with Crippen LogP contribution in [0.4, 0.5) is 0 Å². The second kappa shape index (κ2) is 4.22. The molecule has 3 aliphatic rings. The minimum absolute atomic E-state index is 0.104. The monoisotopic (exact) mass is 234 g/mol. The first-order chi connectivity index (χ1) is 8.25. The molecule has 17 heavy (non-hydrogen) atoms. The molecule has 0 aromatic carbocycles. The number of carbonyl (C=O) groups excluding carboxylic acids is 2. The molecular formula is C15H22O2. The van der Waals surface area contributed by atoms with Crippen LogP contribution in [0, 0.1) is 17.3 Å². The molecule has 0 radical (unpaired) electrons. The summed E-state index contributed by atoms with van der Waals surface area (Å²) in [5, 5.41) is 0. The Labute approximate surface area is 103 Å². The van der Waals surface area contributed by atoms with Gasteiger partial charge in [0.05, 0.1) is 0 Å². The van der Waals surface area contributed by atoms with E-state index in [9.17, 15) is 9.59 Å². The molecule has 0 bridgehead atoms. The topological polar surface area (TPSA) is 34.1 Å². The summed E-state index contributed by atoms with van der Waals surface area (Å²) in [7, 11) is 0. The van der Waals surface area contributed by atoms with Crippen LogP contribution in [0.25, 0.3) is 0 Å². The first kappa shape index (κ1) is 11.4. The third-order valence-corrected chi connectivity index (χ3v) is 5.50. The van der Waals surface area contributed by atoms with Gasteiger partial charge in [0.1, 0.15) is 11.6 Å². The molecule has 1 spiro atoms. The number of ketones is 2. The molecule has 3 rings (SSSR count). The normalized spacial score (nSPS) is 42.6. The fourth-order valence-electron chi connectivity index (χ4n) is 4.71. The van der Waals surface area contributed by atoms with E-state index in [4.69, 9.17) is 0 Å². The summed E-state index contributed by atoms with van der Waals surface area (Å²) in [6.45, 7) is 0. The number of Topliss-reactive ketones (excluding diaryl/α,β-unsaturated/α-hetero) is 2. The molecule has 3 saturated carbocycles. The molecule has 0 aliphatic heterocycles. The van der Waals surface area contributed by atoms with Crippen LogP contribution in [0.15, 0.2) is 0 Å². The average Bonchev–Trinajstić information content (AvgIpc) is 2.62. The smallest absolute Gasteiger partial charge is 0.140 e. The minimum Gasteiger partial charge on any atom is -0.299 e. The van der Waals surface area contributed by atoms with Crippen LogP contribution in [0.1, 0.15) is 64.2 Å². The highest BCUT2D eigenvalue weighted by atomic mass is 16.1. The Hall–Kier alpha value is -0.660. The Morgan fingerprint density at radius 2 is 1.76 bits per heavy atom. The molecule has 94 valence electrons. The highest BCUT2D eigenvalue weighted by molar-refractivity contribution is 5.96. The van der Waals surface area contributed by atoms with Gasteiger partial charge in [0.2, 0.25) is 0 Å². The lowest BCUT2D eigenvalue weighted by molar-refractivity contribution is -0.140. The van der Waals surface area contributed by atoms with Crippen LogP contribution in [-0.2, 0) is 9.59 Å². The van der Waals surface area contributed by atoms with Crippen LogP contribution in [0.3, 0.4) is 0 Å². The first-order valence-corrected chi connectivity index (χ1v) is 7.31. The highest BCUT2D eigenvalue weighted by Crippen LogP contribution is 2.57. The van der Waals surface area contributed by atoms with E-state index in [2.05, 4.69) is 0 Å². The lowest BCUT2D eigenvalue weighted by Crippen LogP contribution is -2.44. The molecule has 3 aliphatic carbocycles. The van der Waals surface area contributed by atoms with Crippen LogP contribution in [0.5, 0.6) is 0 Å². The lowest BCUT2D eigenvalue weighted by atomic mass is 9.59. The van der Waals surface area contributed by atoms with E-state index >= 15 is 0 Å². The van der Waals surface area contributed by atoms with Gasteiger partial charge in [-0.25, -0.2) is 0 Å². The van der Waals surface area contributed by atoms with Crippen molar-refractivity contribution >= 4 is 11.6 Å². The Morgan fingerprint density at radius 3 is 2.65 bits per heavy atom. The van der Waals surface area contributed by atoms with Gasteiger partial charge in [-0.15, -0.1) is 0 Å². The van der Waals surface area contributed by atoms with Gasteiger partial charge in [-0.1, -0.05) is 25.7 Å². The lowest BCUT2D eigenvalue weighted by Gasteiger charge is -2.42. The van der Waals surface area contributed by atoms with E-state index < -0.39 is 0 Å². The zero-order valence-electron chi connectivity index (χ0n) is 10.5. The standard InChI is InChI=1S/C15H22O2/c16-13-10-11-6-2-1-3-8-14(17)15(11)9-5-4-7-12(13)15/h11-12H,1-10H2/t11-,12-,15-/m1/s1. The second-order valence-corrected chi connectivity index (χ2v) is 6.23. The summed E-state index contributed by atoms with van der Waals surface area (Å²) in [5.74, 6) is 1.35. The van der Waals surface area contributed by atoms with E-state index in [1.807, 2.05) is 0 Å². The molecule has 0 unspecified atom stereocenters. The fraction of sp³-hybridized carbons (Fsp3) is 0.867. The van der Waals surface area contributed by atoms with Crippen molar-refractivity contribution in [1.82, 2.24) is 0 Å². The van der Waals surface area contributed by atoms with E-state index in [0.29, 0.717) is 23.9 Å². The minimum atomic E-state index is -0.199. The number of carbonyl (C=O) groups is 2. The third kappa shape index (κ3) is 1.60. The number of hydrogen-bond acceptors (Lipinski definition) is 2. The molecule has 2 nitrogen and oxygen atoms in total.